The molecular formula is C30H25Cl2N3O3. The van der Waals surface area contributed by atoms with Crippen LogP contribution in [0.3, 0.4) is 0 Å². The molecule has 2 aromatic heterocycles. The lowest BCUT2D eigenvalue weighted by molar-refractivity contribution is -0.119. The molecule has 0 saturated heterocycles. The summed E-state index contributed by atoms with van der Waals surface area (Å²) < 4.78 is 5.52. The van der Waals surface area contributed by atoms with E-state index in [0.717, 1.165) is 28.8 Å². The highest BCUT2D eigenvalue weighted by atomic mass is 35.5. The van der Waals surface area contributed by atoms with Crippen molar-refractivity contribution < 1.29 is 14.3 Å². The third-order valence-corrected chi connectivity index (χ3v) is 7.13. The molecular weight excluding hydrogens is 521 g/mol. The number of anilines is 1. The monoisotopic (exact) mass is 545 g/mol. The van der Waals surface area contributed by atoms with E-state index in [2.05, 4.69) is 23.3 Å². The van der Waals surface area contributed by atoms with E-state index in [1.165, 1.54) is 6.07 Å². The van der Waals surface area contributed by atoms with Crippen molar-refractivity contribution in [2.24, 2.45) is 5.92 Å². The van der Waals surface area contributed by atoms with Crippen molar-refractivity contribution in [1.29, 1.82) is 0 Å². The Morgan fingerprint density at radius 3 is 2.55 bits per heavy atom. The summed E-state index contributed by atoms with van der Waals surface area (Å²) in [5, 5.41) is 3.87. The molecule has 0 bridgehead atoms. The molecule has 2 aromatic carbocycles. The van der Waals surface area contributed by atoms with Crippen LogP contribution in [0.1, 0.15) is 46.2 Å². The molecule has 38 heavy (non-hydrogen) atoms. The number of halogens is 2. The summed E-state index contributed by atoms with van der Waals surface area (Å²) in [6.07, 6.45) is 3.65. The maximum absolute atomic E-state index is 13.5. The first-order valence-corrected chi connectivity index (χ1v) is 13.0. The number of nitrogens with one attached hydrogen (secondary N) is 1. The Morgan fingerprint density at radius 2 is 1.76 bits per heavy atom. The van der Waals surface area contributed by atoms with Gasteiger partial charge in [-0.25, -0.2) is 14.8 Å². The number of rotatable bonds is 5. The smallest absolute Gasteiger partial charge is 0.339 e. The number of hydrogen-bond donors (Lipinski definition) is 1. The van der Waals surface area contributed by atoms with Crippen LogP contribution >= 0.6 is 23.2 Å². The maximum atomic E-state index is 13.5. The summed E-state index contributed by atoms with van der Waals surface area (Å²) >= 11 is 12.2. The molecule has 1 amide bonds. The van der Waals surface area contributed by atoms with Crippen molar-refractivity contribution in [3.63, 3.8) is 0 Å². The van der Waals surface area contributed by atoms with Crippen molar-refractivity contribution in [1.82, 2.24) is 9.97 Å². The van der Waals surface area contributed by atoms with Crippen LogP contribution in [-0.4, -0.2) is 28.5 Å². The van der Waals surface area contributed by atoms with Crippen LogP contribution < -0.4 is 5.32 Å². The molecule has 6 nitrogen and oxygen atoms in total. The van der Waals surface area contributed by atoms with Crippen molar-refractivity contribution >= 4 is 63.4 Å². The van der Waals surface area contributed by atoms with E-state index in [1.54, 1.807) is 6.92 Å². The first-order chi connectivity index (χ1) is 18.3. The Kier molecular flexibility index (Phi) is 7.45. The number of carbonyl (C=O) groups is 2. The fourth-order valence-corrected chi connectivity index (χ4v) is 5.14. The number of amides is 1. The fraction of sp³-hybridized carbons (Fsp3) is 0.200. The van der Waals surface area contributed by atoms with Gasteiger partial charge in [-0.2, -0.15) is 0 Å². The minimum absolute atomic E-state index is 0.158. The minimum atomic E-state index is -0.575. The second-order valence-electron chi connectivity index (χ2n) is 9.44. The average Bonchev–Trinajstić information content (AvgIpc) is 2.90. The fourth-order valence-electron chi connectivity index (χ4n) is 4.74. The van der Waals surface area contributed by atoms with E-state index < -0.39 is 18.5 Å². The van der Waals surface area contributed by atoms with Gasteiger partial charge in [0.1, 0.15) is 0 Å². The topological polar surface area (TPSA) is 81.2 Å². The summed E-state index contributed by atoms with van der Waals surface area (Å²) in [4.78, 5) is 35.3. The molecule has 1 aliphatic rings. The first-order valence-electron chi connectivity index (χ1n) is 12.3. The lowest BCUT2D eigenvalue weighted by Crippen LogP contribution is -2.24. The van der Waals surface area contributed by atoms with Gasteiger partial charge in [-0.1, -0.05) is 78.7 Å². The Bertz CT molecular complexity index is 1590. The number of para-hydroxylation sites is 1. The van der Waals surface area contributed by atoms with Gasteiger partial charge in [0.25, 0.3) is 5.91 Å². The van der Waals surface area contributed by atoms with E-state index in [1.807, 2.05) is 54.6 Å². The number of ether oxygens (including phenoxy) is 1. The molecule has 2 heterocycles. The minimum Gasteiger partial charge on any atom is -0.452 e. The Balaban J connectivity index is 1.47. The van der Waals surface area contributed by atoms with Gasteiger partial charge < -0.3 is 10.1 Å². The molecule has 1 aliphatic carbocycles. The van der Waals surface area contributed by atoms with Crippen LogP contribution in [0.2, 0.25) is 10.0 Å². The van der Waals surface area contributed by atoms with Gasteiger partial charge in [0, 0.05) is 5.39 Å². The molecule has 1 unspecified atom stereocenters. The number of aromatic nitrogens is 2. The van der Waals surface area contributed by atoms with Crippen molar-refractivity contribution in [3.05, 3.63) is 98.8 Å². The van der Waals surface area contributed by atoms with Gasteiger partial charge in [-0.3, -0.25) is 4.79 Å². The number of pyridine rings is 2. The molecule has 5 rings (SSSR count). The van der Waals surface area contributed by atoms with E-state index in [4.69, 9.17) is 32.9 Å². The number of carbonyl (C=O) groups excluding carboxylic acids is 2. The molecule has 1 atom stereocenters. The van der Waals surface area contributed by atoms with Crippen LogP contribution in [0.25, 0.3) is 22.6 Å². The van der Waals surface area contributed by atoms with Gasteiger partial charge in [-0.15, -0.1) is 0 Å². The number of esters is 1. The quantitative estimate of drug-likeness (QED) is 0.269. The Hall–Kier alpha value is -3.74. The summed E-state index contributed by atoms with van der Waals surface area (Å²) in [7, 11) is 0. The van der Waals surface area contributed by atoms with Crippen LogP contribution in [0.15, 0.2) is 60.7 Å². The zero-order chi connectivity index (χ0) is 26.8. The Morgan fingerprint density at radius 1 is 1.03 bits per heavy atom. The lowest BCUT2D eigenvalue weighted by atomic mass is 9.80. The summed E-state index contributed by atoms with van der Waals surface area (Å²) in [5.74, 6) is -0.670. The van der Waals surface area contributed by atoms with Crippen LogP contribution in [0.5, 0.6) is 0 Å². The zero-order valence-electron chi connectivity index (χ0n) is 20.9. The summed E-state index contributed by atoms with van der Waals surface area (Å²) in [5.41, 5.74) is 5.45. The highest BCUT2D eigenvalue weighted by Crippen LogP contribution is 2.38. The van der Waals surface area contributed by atoms with Crippen molar-refractivity contribution in [2.75, 3.05) is 11.9 Å². The van der Waals surface area contributed by atoms with E-state index in [-0.39, 0.29) is 10.8 Å². The number of fused-ring (bicyclic) bond motifs is 2. The third-order valence-electron chi connectivity index (χ3n) is 6.46. The van der Waals surface area contributed by atoms with Gasteiger partial charge in [0.2, 0.25) is 0 Å². The molecule has 8 heteroatoms. The lowest BCUT2D eigenvalue weighted by Gasteiger charge is -2.26. The second kappa shape index (κ2) is 10.9. The maximum Gasteiger partial charge on any atom is 0.339 e. The van der Waals surface area contributed by atoms with E-state index in [0.29, 0.717) is 39.5 Å². The Labute approximate surface area is 230 Å². The SMILES string of the molecule is Cc1nc(NC(=O)COC(=O)c2c3c(nc4ccccc24)C(=Cc2ccccc2)CC(C)C3)c(Cl)cc1Cl. The highest BCUT2D eigenvalue weighted by molar-refractivity contribution is 6.36. The predicted molar refractivity (Wildman–Crippen MR) is 151 cm³/mol. The number of nitrogens with zero attached hydrogens (tertiary/aromatic N) is 2. The molecule has 0 aliphatic heterocycles. The molecule has 1 N–H and O–H groups in total. The van der Waals surface area contributed by atoms with Gasteiger partial charge >= 0.3 is 5.97 Å². The molecule has 0 saturated carbocycles. The standard InChI is InChI=1S/C30H25Cl2N3O3/c1-17-12-20(14-19-8-4-3-5-9-19)28-22(13-17)27(21-10-6-7-11-25(21)34-28)30(37)38-16-26(36)35-29-24(32)15-23(31)18(2)33-29/h3-11,14-15,17H,12-13,16H2,1-2H3,(H,33,35,36). The van der Waals surface area contributed by atoms with Crippen LogP contribution in [0, 0.1) is 12.8 Å². The molecule has 4 aromatic rings. The van der Waals surface area contributed by atoms with Gasteiger partial charge in [-0.05, 0) is 60.6 Å². The first kappa shape index (κ1) is 25.9. The van der Waals surface area contributed by atoms with Crippen LogP contribution in [-0.2, 0) is 16.0 Å². The van der Waals surface area contributed by atoms with E-state index >= 15 is 0 Å². The van der Waals surface area contributed by atoms with E-state index in [9.17, 15) is 9.59 Å². The highest BCUT2D eigenvalue weighted by Gasteiger charge is 2.29. The molecule has 0 radical (unpaired) electrons. The molecule has 0 fully saturated rings. The normalized spacial score (nSPS) is 15.8. The molecule has 192 valence electrons. The number of allylic oxidation sites excluding steroid dienone is 1. The van der Waals surface area contributed by atoms with Crippen molar-refractivity contribution in [3.8, 4) is 0 Å². The van der Waals surface area contributed by atoms with Crippen LogP contribution in [0.4, 0.5) is 5.82 Å². The number of benzene rings is 2. The van der Waals surface area contributed by atoms with Gasteiger partial charge in [0.05, 0.1) is 32.5 Å². The second-order valence-corrected chi connectivity index (χ2v) is 10.2. The summed E-state index contributed by atoms with van der Waals surface area (Å²) in [6.45, 7) is 3.37. The molecule has 0 spiro atoms. The average molecular weight is 546 g/mol. The predicted octanol–water partition coefficient (Wildman–Crippen LogP) is 7.16. The van der Waals surface area contributed by atoms with Gasteiger partial charge in [0.15, 0.2) is 12.4 Å². The zero-order valence-corrected chi connectivity index (χ0v) is 22.4. The largest absolute Gasteiger partial charge is 0.452 e. The van der Waals surface area contributed by atoms with Crippen molar-refractivity contribution in [2.45, 2.75) is 26.7 Å². The number of hydrogen-bond acceptors (Lipinski definition) is 5. The number of aryl methyl sites for hydroxylation is 1. The summed E-state index contributed by atoms with van der Waals surface area (Å²) in [6, 6.07) is 19.1. The third kappa shape index (κ3) is 5.42.